The molecule has 3 nitrogen and oxygen atoms in total. The van der Waals surface area contributed by atoms with Crippen LogP contribution in [0.1, 0.15) is 26.7 Å². The predicted octanol–water partition coefficient (Wildman–Crippen LogP) is 3.27. The summed E-state index contributed by atoms with van der Waals surface area (Å²) in [5.74, 6) is -0.0721. The molecular formula is C13H17BrFNO2. The molecular weight excluding hydrogens is 301 g/mol. The molecule has 0 heterocycles. The third-order valence-electron chi connectivity index (χ3n) is 2.38. The average Bonchev–Trinajstić information content (AvgIpc) is 2.28. The number of hydrogen-bond acceptors (Lipinski definition) is 2. The molecule has 1 unspecified atom stereocenters. The van der Waals surface area contributed by atoms with Crippen LogP contribution in [0.5, 0.6) is 5.75 Å². The molecule has 5 heteroatoms. The number of amides is 1. The predicted molar refractivity (Wildman–Crippen MR) is 72.1 cm³/mol. The van der Waals surface area contributed by atoms with Gasteiger partial charge in [0.05, 0.1) is 4.47 Å². The average molecular weight is 318 g/mol. The van der Waals surface area contributed by atoms with Crippen molar-refractivity contribution in [1.82, 2.24) is 5.32 Å². The first-order chi connectivity index (χ1) is 8.52. The molecule has 0 aromatic heterocycles. The first-order valence-electron chi connectivity index (χ1n) is 5.90. The van der Waals surface area contributed by atoms with Crippen molar-refractivity contribution in [3.63, 3.8) is 0 Å². The van der Waals surface area contributed by atoms with Crippen molar-refractivity contribution >= 4 is 21.8 Å². The molecule has 0 aliphatic carbocycles. The second kappa shape index (κ2) is 7.36. The van der Waals surface area contributed by atoms with E-state index in [2.05, 4.69) is 28.2 Å². The van der Waals surface area contributed by atoms with Gasteiger partial charge < -0.3 is 10.1 Å². The second-order valence-corrected chi connectivity index (χ2v) is 4.97. The van der Waals surface area contributed by atoms with Crippen LogP contribution in [0.4, 0.5) is 4.39 Å². The molecule has 1 aromatic carbocycles. The Morgan fingerprint density at radius 3 is 2.89 bits per heavy atom. The Bertz CT molecular complexity index is 412. The van der Waals surface area contributed by atoms with Gasteiger partial charge in [0.2, 0.25) is 0 Å². The van der Waals surface area contributed by atoms with Crippen LogP contribution in [0, 0.1) is 5.82 Å². The van der Waals surface area contributed by atoms with Gasteiger partial charge >= 0.3 is 0 Å². The van der Waals surface area contributed by atoms with E-state index in [0.717, 1.165) is 12.8 Å². The summed E-state index contributed by atoms with van der Waals surface area (Å²) in [4.78, 5) is 11.6. The Morgan fingerprint density at radius 2 is 2.28 bits per heavy atom. The lowest BCUT2D eigenvalue weighted by Crippen LogP contribution is -2.35. The van der Waals surface area contributed by atoms with Crippen molar-refractivity contribution in [1.29, 1.82) is 0 Å². The minimum atomic E-state index is -0.352. The van der Waals surface area contributed by atoms with Crippen molar-refractivity contribution in [2.45, 2.75) is 32.7 Å². The van der Waals surface area contributed by atoms with Gasteiger partial charge in [0, 0.05) is 6.04 Å². The molecule has 0 saturated heterocycles. The van der Waals surface area contributed by atoms with E-state index < -0.39 is 0 Å². The smallest absolute Gasteiger partial charge is 0.258 e. The molecule has 1 rings (SSSR count). The van der Waals surface area contributed by atoms with Crippen molar-refractivity contribution in [3.05, 3.63) is 28.5 Å². The quantitative estimate of drug-likeness (QED) is 0.874. The normalized spacial score (nSPS) is 12.0. The maximum atomic E-state index is 12.8. The summed E-state index contributed by atoms with van der Waals surface area (Å²) < 4.78 is 18.6. The van der Waals surface area contributed by atoms with Crippen LogP contribution in [-0.4, -0.2) is 18.6 Å². The summed E-state index contributed by atoms with van der Waals surface area (Å²) in [5.41, 5.74) is 0. The van der Waals surface area contributed by atoms with Gasteiger partial charge in [-0.15, -0.1) is 0 Å². The largest absolute Gasteiger partial charge is 0.483 e. The molecule has 100 valence electrons. The highest BCUT2D eigenvalue weighted by atomic mass is 79.9. The fourth-order valence-electron chi connectivity index (χ4n) is 1.56. The van der Waals surface area contributed by atoms with E-state index in [0.29, 0.717) is 10.2 Å². The molecule has 1 N–H and O–H groups in total. The Labute approximate surface area is 115 Å². The van der Waals surface area contributed by atoms with E-state index in [-0.39, 0.29) is 24.4 Å². The number of carbonyl (C=O) groups excluding carboxylic acids is 1. The lowest BCUT2D eigenvalue weighted by molar-refractivity contribution is -0.123. The van der Waals surface area contributed by atoms with E-state index in [4.69, 9.17) is 4.74 Å². The monoisotopic (exact) mass is 317 g/mol. The van der Waals surface area contributed by atoms with Gasteiger partial charge in [-0.25, -0.2) is 4.39 Å². The van der Waals surface area contributed by atoms with Gasteiger partial charge in [-0.2, -0.15) is 0 Å². The van der Waals surface area contributed by atoms with Gasteiger partial charge in [-0.05, 0) is 47.5 Å². The van der Waals surface area contributed by atoms with Crippen LogP contribution in [-0.2, 0) is 4.79 Å². The molecule has 18 heavy (non-hydrogen) atoms. The number of hydrogen-bond donors (Lipinski definition) is 1. The van der Waals surface area contributed by atoms with E-state index in [1.54, 1.807) is 0 Å². The van der Waals surface area contributed by atoms with Gasteiger partial charge in [0.25, 0.3) is 5.91 Å². The number of carbonyl (C=O) groups is 1. The summed E-state index contributed by atoms with van der Waals surface area (Å²) in [7, 11) is 0. The topological polar surface area (TPSA) is 38.3 Å². The summed E-state index contributed by atoms with van der Waals surface area (Å²) >= 11 is 3.18. The van der Waals surface area contributed by atoms with Crippen molar-refractivity contribution < 1.29 is 13.9 Å². The number of halogens is 2. The highest BCUT2D eigenvalue weighted by molar-refractivity contribution is 9.10. The minimum absolute atomic E-state index is 0.0711. The highest BCUT2D eigenvalue weighted by Gasteiger charge is 2.09. The maximum Gasteiger partial charge on any atom is 0.258 e. The molecule has 0 bridgehead atoms. The van der Waals surface area contributed by atoms with Crippen LogP contribution in [0.15, 0.2) is 22.7 Å². The molecule has 0 aliphatic heterocycles. The summed E-state index contributed by atoms with van der Waals surface area (Å²) in [6, 6.07) is 4.22. The lowest BCUT2D eigenvalue weighted by atomic mass is 10.2. The summed E-state index contributed by atoms with van der Waals surface area (Å²) in [5, 5.41) is 2.83. The number of benzene rings is 1. The first-order valence-corrected chi connectivity index (χ1v) is 6.69. The molecule has 0 spiro atoms. The van der Waals surface area contributed by atoms with Gasteiger partial charge in [-0.3, -0.25) is 4.79 Å². The molecule has 0 aliphatic rings. The van der Waals surface area contributed by atoms with Crippen LogP contribution < -0.4 is 10.1 Å². The van der Waals surface area contributed by atoms with Crippen LogP contribution in [0.2, 0.25) is 0 Å². The lowest BCUT2D eigenvalue weighted by Gasteiger charge is -2.13. The zero-order valence-corrected chi connectivity index (χ0v) is 12.1. The van der Waals surface area contributed by atoms with E-state index in [9.17, 15) is 9.18 Å². The number of ether oxygens (including phenoxy) is 1. The fourth-order valence-corrected chi connectivity index (χ4v) is 2.02. The maximum absolute atomic E-state index is 12.8. The third-order valence-corrected chi connectivity index (χ3v) is 3.00. The van der Waals surface area contributed by atoms with E-state index in [1.165, 1.54) is 18.2 Å². The zero-order chi connectivity index (χ0) is 13.5. The summed E-state index contributed by atoms with van der Waals surface area (Å²) in [6.45, 7) is 3.95. The molecule has 0 saturated carbocycles. The molecule has 1 aromatic rings. The van der Waals surface area contributed by atoms with Gasteiger partial charge in [-0.1, -0.05) is 13.3 Å². The van der Waals surface area contributed by atoms with Crippen molar-refractivity contribution in [2.75, 3.05) is 6.61 Å². The Morgan fingerprint density at radius 1 is 1.56 bits per heavy atom. The van der Waals surface area contributed by atoms with Gasteiger partial charge in [0.1, 0.15) is 11.6 Å². The molecule has 0 radical (unpaired) electrons. The van der Waals surface area contributed by atoms with Crippen molar-refractivity contribution in [2.24, 2.45) is 0 Å². The zero-order valence-electron chi connectivity index (χ0n) is 10.5. The number of rotatable bonds is 6. The fraction of sp³-hybridized carbons (Fsp3) is 0.462. The van der Waals surface area contributed by atoms with Crippen LogP contribution >= 0.6 is 15.9 Å². The summed E-state index contributed by atoms with van der Waals surface area (Å²) in [6.07, 6.45) is 1.96. The number of nitrogens with one attached hydrogen (secondary N) is 1. The molecule has 0 fully saturated rings. The molecule has 1 amide bonds. The molecule has 1 atom stereocenters. The highest BCUT2D eigenvalue weighted by Crippen LogP contribution is 2.25. The van der Waals surface area contributed by atoms with E-state index >= 15 is 0 Å². The Kier molecular flexibility index (Phi) is 6.12. The Hall–Kier alpha value is -1.10. The standard InChI is InChI=1S/C13H17BrFNO2/c1-3-4-9(2)16-13(17)8-18-12-6-5-10(15)7-11(12)14/h5-7,9H,3-4,8H2,1-2H3,(H,16,17). The third kappa shape index (κ3) is 5.04. The van der Waals surface area contributed by atoms with Crippen LogP contribution in [0.25, 0.3) is 0 Å². The van der Waals surface area contributed by atoms with Gasteiger partial charge in [0.15, 0.2) is 6.61 Å². The van der Waals surface area contributed by atoms with Crippen molar-refractivity contribution in [3.8, 4) is 5.75 Å². The first kappa shape index (κ1) is 15.0. The SMILES string of the molecule is CCCC(C)NC(=O)COc1ccc(F)cc1Br. The Balaban J connectivity index is 2.42. The minimum Gasteiger partial charge on any atom is -0.483 e. The van der Waals surface area contributed by atoms with Crippen LogP contribution in [0.3, 0.4) is 0 Å². The van der Waals surface area contributed by atoms with E-state index in [1.807, 2.05) is 6.92 Å². The second-order valence-electron chi connectivity index (χ2n) is 4.12.